The number of rotatable bonds is 3. The van der Waals surface area contributed by atoms with Gasteiger partial charge in [-0.1, -0.05) is 29.8 Å². The van der Waals surface area contributed by atoms with E-state index in [1.807, 2.05) is 38.1 Å². The normalized spacial score (nSPS) is 13.0. The first kappa shape index (κ1) is 15.1. The second-order valence-corrected chi connectivity index (χ2v) is 4.78. The molecule has 0 saturated heterocycles. The number of nitrogens with two attached hydrogens (primary N) is 1. The molecule has 2 aromatic rings. The van der Waals surface area contributed by atoms with Crippen LogP contribution in [0.2, 0.25) is 0 Å². The lowest BCUT2D eigenvalue weighted by molar-refractivity contribution is -0.144. The minimum atomic E-state index is -4.63. The van der Waals surface area contributed by atoms with Crippen LogP contribution in [0.5, 0.6) is 0 Å². The zero-order valence-electron chi connectivity index (χ0n) is 11.6. The molecule has 0 fully saturated rings. The van der Waals surface area contributed by atoms with Crippen molar-refractivity contribution in [3.05, 3.63) is 47.3 Å². The number of alkyl halides is 3. The molecule has 21 heavy (non-hydrogen) atoms. The van der Waals surface area contributed by atoms with E-state index in [0.29, 0.717) is 0 Å². The lowest BCUT2D eigenvalue weighted by atomic mass is 10.1. The molecule has 0 saturated carbocycles. The van der Waals surface area contributed by atoms with Crippen LogP contribution in [0.4, 0.5) is 24.8 Å². The monoisotopic (exact) mass is 296 g/mol. The number of nitrogen functional groups attached to an aromatic ring is 1. The van der Waals surface area contributed by atoms with Crippen molar-refractivity contribution in [2.45, 2.75) is 26.1 Å². The summed E-state index contributed by atoms with van der Waals surface area (Å²) in [7, 11) is 0. The zero-order chi connectivity index (χ0) is 15.6. The number of aromatic nitrogens is 2. The molecule has 0 aliphatic carbocycles. The fourth-order valence-electron chi connectivity index (χ4n) is 1.83. The molecule has 1 heterocycles. The quantitative estimate of drug-likeness (QED) is 0.909. The number of benzene rings is 1. The molecule has 1 unspecified atom stereocenters. The lowest BCUT2D eigenvalue weighted by Crippen LogP contribution is -2.15. The predicted molar refractivity (Wildman–Crippen MR) is 74.7 cm³/mol. The Labute approximate surface area is 120 Å². The molecule has 0 aliphatic rings. The fraction of sp³-hybridized carbons (Fsp3) is 0.286. The van der Waals surface area contributed by atoms with Crippen LogP contribution in [0.3, 0.4) is 0 Å². The first-order chi connectivity index (χ1) is 9.75. The Bertz CT molecular complexity index is 623. The standard InChI is InChI=1S/C14H15F3N4/c1-8-3-5-10(6-4-8)9(2)19-12-7-11(18)20-13(21-12)14(15,16)17/h3-7,9H,1-2H3,(H3,18,19,20,21). The third-order valence-electron chi connectivity index (χ3n) is 2.94. The van der Waals surface area contributed by atoms with Crippen molar-refractivity contribution in [2.75, 3.05) is 11.1 Å². The fourth-order valence-corrected chi connectivity index (χ4v) is 1.83. The Morgan fingerprint density at radius 2 is 1.76 bits per heavy atom. The van der Waals surface area contributed by atoms with E-state index < -0.39 is 12.0 Å². The Hall–Kier alpha value is -2.31. The van der Waals surface area contributed by atoms with Crippen LogP contribution in [0.25, 0.3) is 0 Å². The summed E-state index contributed by atoms with van der Waals surface area (Å²) in [5.74, 6) is -1.43. The van der Waals surface area contributed by atoms with E-state index in [1.54, 1.807) is 0 Å². The van der Waals surface area contributed by atoms with Crippen LogP contribution in [0.1, 0.15) is 29.9 Å². The highest BCUT2D eigenvalue weighted by Gasteiger charge is 2.35. The Morgan fingerprint density at radius 3 is 2.33 bits per heavy atom. The highest BCUT2D eigenvalue weighted by molar-refractivity contribution is 5.46. The average Bonchev–Trinajstić information content (AvgIpc) is 2.37. The Balaban J connectivity index is 2.23. The number of aryl methyl sites for hydroxylation is 1. The average molecular weight is 296 g/mol. The number of halogens is 3. The van der Waals surface area contributed by atoms with Crippen molar-refractivity contribution >= 4 is 11.6 Å². The van der Waals surface area contributed by atoms with Crippen molar-refractivity contribution in [3.63, 3.8) is 0 Å². The van der Waals surface area contributed by atoms with Crippen molar-refractivity contribution in [1.29, 1.82) is 0 Å². The van der Waals surface area contributed by atoms with E-state index in [4.69, 9.17) is 5.73 Å². The molecule has 1 aromatic heterocycles. The molecule has 0 radical (unpaired) electrons. The summed E-state index contributed by atoms with van der Waals surface area (Å²) in [5.41, 5.74) is 7.44. The van der Waals surface area contributed by atoms with Crippen LogP contribution < -0.4 is 11.1 Å². The molecule has 7 heteroatoms. The first-order valence-corrected chi connectivity index (χ1v) is 6.30. The number of nitrogens with zero attached hydrogens (tertiary/aromatic N) is 2. The van der Waals surface area contributed by atoms with Crippen LogP contribution in [-0.4, -0.2) is 9.97 Å². The maximum atomic E-state index is 12.6. The van der Waals surface area contributed by atoms with Crippen LogP contribution in [0, 0.1) is 6.92 Å². The second-order valence-electron chi connectivity index (χ2n) is 4.78. The molecule has 3 N–H and O–H groups in total. The van der Waals surface area contributed by atoms with Gasteiger partial charge in [-0.3, -0.25) is 0 Å². The third-order valence-corrected chi connectivity index (χ3v) is 2.94. The van der Waals surface area contributed by atoms with Crippen molar-refractivity contribution in [3.8, 4) is 0 Å². The van der Waals surface area contributed by atoms with E-state index >= 15 is 0 Å². The number of hydrogen-bond donors (Lipinski definition) is 2. The number of hydrogen-bond acceptors (Lipinski definition) is 4. The zero-order valence-corrected chi connectivity index (χ0v) is 11.6. The van der Waals surface area contributed by atoms with E-state index in [9.17, 15) is 13.2 Å². The minimum Gasteiger partial charge on any atom is -0.384 e. The minimum absolute atomic E-state index is 0.0444. The van der Waals surface area contributed by atoms with Gasteiger partial charge < -0.3 is 11.1 Å². The third kappa shape index (κ3) is 3.84. The number of nitrogens with one attached hydrogen (secondary N) is 1. The van der Waals surface area contributed by atoms with Gasteiger partial charge in [0, 0.05) is 12.1 Å². The summed E-state index contributed by atoms with van der Waals surface area (Å²) in [4.78, 5) is 6.66. The molecule has 1 atom stereocenters. The molecule has 2 rings (SSSR count). The Morgan fingerprint density at radius 1 is 1.14 bits per heavy atom. The molecule has 0 bridgehead atoms. The van der Waals surface area contributed by atoms with E-state index in [0.717, 1.165) is 11.1 Å². The van der Waals surface area contributed by atoms with Crippen molar-refractivity contribution < 1.29 is 13.2 Å². The molecule has 1 aromatic carbocycles. The summed E-state index contributed by atoms with van der Waals surface area (Å²) in [5, 5.41) is 2.90. The van der Waals surface area contributed by atoms with Gasteiger partial charge in [0.1, 0.15) is 11.6 Å². The highest BCUT2D eigenvalue weighted by Crippen LogP contribution is 2.28. The van der Waals surface area contributed by atoms with Crippen LogP contribution in [0.15, 0.2) is 30.3 Å². The van der Waals surface area contributed by atoms with Gasteiger partial charge in [-0.15, -0.1) is 0 Å². The topological polar surface area (TPSA) is 63.8 Å². The van der Waals surface area contributed by atoms with Gasteiger partial charge in [0.15, 0.2) is 0 Å². The van der Waals surface area contributed by atoms with E-state index in [-0.39, 0.29) is 17.7 Å². The SMILES string of the molecule is Cc1ccc(C(C)Nc2cc(N)nc(C(F)(F)F)n2)cc1. The summed E-state index contributed by atoms with van der Waals surface area (Å²) in [6.45, 7) is 3.79. The molecule has 0 aliphatic heterocycles. The van der Waals surface area contributed by atoms with Gasteiger partial charge in [-0.25, -0.2) is 9.97 Å². The molecular weight excluding hydrogens is 281 g/mol. The van der Waals surface area contributed by atoms with Crippen LogP contribution in [-0.2, 0) is 6.18 Å². The summed E-state index contributed by atoms with van der Waals surface area (Å²) in [6.07, 6.45) is -4.63. The summed E-state index contributed by atoms with van der Waals surface area (Å²) < 4.78 is 37.9. The van der Waals surface area contributed by atoms with E-state index in [1.165, 1.54) is 6.07 Å². The maximum absolute atomic E-state index is 12.6. The van der Waals surface area contributed by atoms with Crippen LogP contribution >= 0.6 is 0 Å². The maximum Gasteiger partial charge on any atom is 0.451 e. The van der Waals surface area contributed by atoms with Gasteiger partial charge in [0.2, 0.25) is 5.82 Å². The summed E-state index contributed by atoms with van der Waals surface area (Å²) in [6, 6.07) is 8.75. The number of anilines is 2. The molecule has 0 amide bonds. The van der Waals surface area contributed by atoms with Gasteiger partial charge >= 0.3 is 6.18 Å². The highest BCUT2D eigenvalue weighted by atomic mass is 19.4. The lowest BCUT2D eigenvalue weighted by Gasteiger charge is -2.16. The predicted octanol–water partition coefficient (Wildman–Crippen LogP) is 3.56. The van der Waals surface area contributed by atoms with Gasteiger partial charge in [-0.2, -0.15) is 13.2 Å². The van der Waals surface area contributed by atoms with Crippen molar-refractivity contribution in [1.82, 2.24) is 9.97 Å². The molecule has 4 nitrogen and oxygen atoms in total. The van der Waals surface area contributed by atoms with E-state index in [2.05, 4.69) is 15.3 Å². The summed E-state index contributed by atoms with van der Waals surface area (Å²) >= 11 is 0. The van der Waals surface area contributed by atoms with Gasteiger partial charge in [0.05, 0.1) is 0 Å². The Kier molecular flexibility index (Phi) is 4.02. The first-order valence-electron chi connectivity index (χ1n) is 6.30. The van der Waals surface area contributed by atoms with Gasteiger partial charge in [0.25, 0.3) is 0 Å². The largest absolute Gasteiger partial charge is 0.451 e. The van der Waals surface area contributed by atoms with Crippen molar-refractivity contribution in [2.24, 2.45) is 0 Å². The molecule has 112 valence electrons. The molecule has 0 spiro atoms. The smallest absolute Gasteiger partial charge is 0.384 e. The van der Waals surface area contributed by atoms with Gasteiger partial charge in [-0.05, 0) is 19.4 Å². The molecular formula is C14H15F3N4. The second kappa shape index (κ2) is 5.59.